The second kappa shape index (κ2) is 9.69. The molecular weight excluding hydrogens is 348 g/mol. The number of halogens is 2. The highest BCUT2D eigenvalue weighted by molar-refractivity contribution is 5.86. The number of rotatable bonds is 7. The smallest absolute Gasteiger partial charge is 0.387 e. The standard InChI is InChI=1S/C17H21F2N3O4/c1-25-13-7-6-12(9-14(13)26-17(18)19)10-20-21-15(23)11-22-8-4-2-3-5-16(22)24/h6-7,9-10,17H,2-5,8,11H2,1H3,(H,21,23)/b20-10-. The number of nitrogens with one attached hydrogen (secondary N) is 1. The molecule has 2 rings (SSSR count). The maximum absolute atomic E-state index is 12.4. The van der Waals surface area contributed by atoms with Crippen molar-refractivity contribution in [1.29, 1.82) is 0 Å². The number of benzene rings is 1. The van der Waals surface area contributed by atoms with Crippen LogP contribution in [0.1, 0.15) is 31.2 Å². The Kier molecular flexibility index (Phi) is 7.31. The van der Waals surface area contributed by atoms with E-state index in [1.807, 2.05) is 0 Å². The molecule has 0 saturated carbocycles. The highest BCUT2D eigenvalue weighted by atomic mass is 19.3. The molecule has 0 radical (unpaired) electrons. The number of carbonyl (C=O) groups excluding carboxylic acids is 2. The molecule has 7 nitrogen and oxygen atoms in total. The van der Waals surface area contributed by atoms with E-state index in [2.05, 4.69) is 15.3 Å². The first-order valence-electron chi connectivity index (χ1n) is 8.22. The van der Waals surface area contributed by atoms with Gasteiger partial charge in [-0.1, -0.05) is 6.42 Å². The first kappa shape index (κ1) is 19.6. The van der Waals surface area contributed by atoms with E-state index in [-0.39, 0.29) is 24.0 Å². The number of hydrogen-bond acceptors (Lipinski definition) is 5. The summed E-state index contributed by atoms with van der Waals surface area (Å²) in [5.74, 6) is -0.432. The van der Waals surface area contributed by atoms with Crippen LogP contribution in [0.25, 0.3) is 0 Å². The molecule has 142 valence electrons. The van der Waals surface area contributed by atoms with Crippen LogP contribution in [0.3, 0.4) is 0 Å². The van der Waals surface area contributed by atoms with Gasteiger partial charge in [0.1, 0.15) is 6.54 Å². The molecule has 0 aliphatic carbocycles. The van der Waals surface area contributed by atoms with E-state index in [0.717, 1.165) is 19.3 Å². The molecule has 1 heterocycles. The highest BCUT2D eigenvalue weighted by Crippen LogP contribution is 2.28. The van der Waals surface area contributed by atoms with Gasteiger partial charge in [0.25, 0.3) is 5.91 Å². The third kappa shape index (κ3) is 5.98. The Bertz CT molecular complexity index is 667. The second-order valence-electron chi connectivity index (χ2n) is 5.71. The van der Waals surface area contributed by atoms with Crippen molar-refractivity contribution < 1.29 is 27.8 Å². The van der Waals surface area contributed by atoms with Crippen molar-refractivity contribution in [1.82, 2.24) is 10.3 Å². The van der Waals surface area contributed by atoms with Gasteiger partial charge in [0.2, 0.25) is 5.91 Å². The van der Waals surface area contributed by atoms with Gasteiger partial charge >= 0.3 is 6.61 Å². The Labute approximate surface area is 149 Å². The summed E-state index contributed by atoms with van der Waals surface area (Å²) >= 11 is 0. The minimum atomic E-state index is -2.98. The van der Waals surface area contributed by atoms with Gasteiger partial charge in [-0.2, -0.15) is 13.9 Å². The quantitative estimate of drug-likeness (QED) is 0.590. The summed E-state index contributed by atoms with van der Waals surface area (Å²) in [6.45, 7) is -2.48. The Morgan fingerprint density at radius 1 is 1.35 bits per heavy atom. The lowest BCUT2D eigenvalue weighted by Gasteiger charge is -2.18. The number of amides is 2. The van der Waals surface area contributed by atoms with Crippen molar-refractivity contribution in [3.63, 3.8) is 0 Å². The van der Waals surface area contributed by atoms with Crippen molar-refractivity contribution in [2.75, 3.05) is 20.2 Å². The van der Waals surface area contributed by atoms with Crippen LogP contribution in [0.2, 0.25) is 0 Å². The molecule has 26 heavy (non-hydrogen) atoms. The zero-order chi connectivity index (χ0) is 18.9. The van der Waals surface area contributed by atoms with Crippen LogP contribution in [-0.2, 0) is 9.59 Å². The van der Waals surface area contributed by atoms with E-state index in [1.165, 1.54) is 30.4 Å². The molecule has 1 aliphatic rings. The molecule has 1 aliphatic heterocycles. The lowest BCUT2D eigenvalue weighted by atomic mass is 10.2. The fourth-order valence-corrected chi connectivity index (χ4v) is 2.55. The van der Waals surface area contributed by atoms with Crippen LogP contribution >= 0.6 is 0 Å². The average Bonchev–Trinajstić information content (AvgIpc) is 2.79. The lowest BCUT2D eigenvalue weighted by Crippen LogP contribution is -2.39. The van der Waals surface area contributed by atoms with Gasteiger partial charge in [0, 0.05) is 13.0 Å². The Morgan fingerprint density at radius 3 is 2.88 bits per heavy atom. The summed E-state index contributed by atoms with van der Waals surface area (Å²) in [5.41, 5.74) is 2.76. The number of ether oxygens (including phenoxy) is 2. The minimum absolute atomic E-state index is 0.0365. The maximum Gasteiger partial charge on any atom is 0.387 e. The molecule has 0 atom stereocenters. The van der Waals surface area contributed by atoms with Crippen LogP contribution in [0.4, 0.5) is 8.78 Å². The normalized spacial score (nSPS) is 15.2. The molecule has 1 fully saturated rings. The molecule has 0 bridgehead atoms. The molecule has 1 saturated heterocycles. The summed E-state index contributed by atoms with van der Waals surface area (Å²) in [7, 11) is 1.34. The van der Waals surface area contributed by atoms with Gasteiger partial charge in [-0.05, 0) is 36.6 Å². The van der Waals surface area contributed by atoms with E-state index < -0.39 is 12.5 Å². The van der Waals surface area contributed by atoms with Gasteiger partial charge in [-0.3, -0.25) is 9.59 Å². The fourth-order valence-electron chi connectivity index (χ4n) is 2.55. The van der Waals surface area contributed by atoms with Gasteiger partial charge in [-0.15, -0.1) is 0 Å². The average molecular weight is 369 g/mol. The number of likely N-dealkylation sites (tertiary alicyclic amines) is 1. The summed E-state index contributed by atoms with van der Waals surface area (Å²) in [5, 5.41) is 3.78. The van der Waals surface area contributed by atoms with Crippen LogP contribution in [0.15, 0.2) is 23.3 Å². The fraction of sp³-hybridized carbons (Fsp3) is 0.471. The summed E-state index contributed by atoms with van der Waals surface area (Å²) in [4.78, 5) is 25.3. The second-order valence-corrected chi connectivity index (χ2v) is 5.71. The van der Waals surface area contributed by atoms with Gasteiger partial charge in [0.15, 0.2) is 11.5 Å². The number of nitrogens with zero attached hydrogens (tertiary/aromatic N) is 2. The van der Waals surface area contributed by atoms with E-state index in [9.17, 15) is 18.4 Å². The lowest BCUT2D eigenvalue weighted by molar-refractivity contribution is -0.135. The van der Waals surface area contributed by atoms with Crippen molar-refractivity contribution in [2.24, 2.45) is 5.10 Å². The molecule has 1 N–H and O–H groups in total. The van der Waals surface area contributed by atoms with E-state index >= 15 is 0 Å². The first-order chi connectivity index (χ1) is 12.5. The number of methoxy groups -OCH3 is 1. The summed E-state index contributed by atoms with van der Waals surface area (Å²) < 4.78 is 34.1. The number of carbonyl (C=O) groups is 2. The predicted molar refractivity (Wildman–Crippen MR) is 90.4 cm³/mol. The highest BCUT2D eigenvalue weighted by Gasteiger charge is 2.18. The van der Waals surface area contributed by atoms with E-state index in [0.29, 0.717) is 18.5 Å². The summed E-state index contributed by atoms with van der Waals surface area (Å²) in [6, 6.07) is 4.35. The Balaban J connectivity index is 1.92. The monoisotopic (exact) mass is 369 g/mol. The van der Waals surface area contributed by atoms with Gasteiger partial charge < -0.3 is 14.4 Å². The predicted octanol–water partition coefficient (Wildman–Crippen LogP) is 2.15. The zero-order valence-corrected chi connectivity index (χ0v) is 14.4. The van der Waals surface area contributed by atoms with Crippen LogP contribution in [-0.4, -0.2) is 49.7 Å². The maximum atomic E-state index is 12.4. The van der Waals surface area contributed by atoms with E-state index in [1.54, 1.807) is 6.07 Å². The largest absolute Gasteiger partial charge is 0.493 e. The number of hydrazone groups is 1. The van der Waals surface area contributed by atoms with Gasteiger partial charge in [-0.25, -0.2) is 5.43 Å². The topological polar surface area (TPSA) is 80.2 Å². The summed E-state index contributed by atoms with van der Waals surface area (Å²) in [6.07, 6.45) is 4.44. The van der Waals surface area contributed by atoms with Crippen LogP contribution in [0.5, 0.6) is 11.5 Å². The van der Waals surface area contributed by atoms with Crippen LogP contribution in [0, 0.1) is 0 Å². The Morgan fingerprint density at radius 2 is 2.15 bits per heavy atom. The third-order valence-corrected chi connectivity index (χ3v) is 3.81. The minimum Gasteiger partial charge on any atom is -0.493 e. The molecule has 9 heteroatoms. The van der Waals surface area contributed by atoms with E-state index in [4.69, 9.17) is 4.74 Å². The van der Waals surface area contributed by atoms with Crippen molar-refractivity contribution in [3.8, 4) is 11.5 Å². The molecular formula is C17H21F2N3O4. The van der Waals surface area contributed by atoms with Crippen molar-refractivity contribution in [3.05, 3.63) is 23.8 Å². The number of alkyl halides is 2. The van der Waals surface area contributed by atoms with Crippen molar-refractivity contribution in [2.45, 2.75) is 32.3 Å². The molecule has 0 aromatic heterocycles. The molecule has 1 aromatic rings. The number of hydrogen-bond donors (Lipinski definition) is 1. The van der Waals surface area contributed by atoms with Gasteiger partial charge in [0.05, 0.1) is 13.3 Å². The van der Waals surface area contributed by atoms with Crippen LogP contribution < -0.4 is 14.9 Å². The Hall–Kier alpha value is -2.71. The molecule has 2 amide bonds. The van der Waals surface area contributed by atoms with Crippen molar-refractivity contribution >= 4 is 18.0 Å². The molecule has 0 spiro atoms. The third-order valence-electron chi connectivity index (χ3n) is 3.81. The molecule has 1 aromatic carbocycles. The zero-order valence-electron chi connectivity index (χ0n) is 14.4. The SMILES string of the molecule is COc1ccc(/C=N\NC(=O)CN2CCCCCC2=O)cc1OC(F)F. The molecule has 0 unspecified atom stereocenters. The first-order valence-corrected chi connectivity index (χ1v) is 8.22.